The van der Waals surface area contributed by atoms with Crippen molar-refractivity contribution in [2.24, 2.45) is 0 Å². The highest BCUT2D eigenvalue weighted by molar-refractivity contribution is 5.91. The van der Waals surface area contributed by atoms with Gasteiger partial charge in [-0.1, -0.05) is 18.2 Å². The molecule has 1 atom stereocenters. The van der Waals surface area contributed by atoms with Crippen LogP contribution in [0.2, 0.25) is 0 Å². The van der Waals surface area contributed by atoms with E-state index in [1.54, 1.807) is 10.8 Å². The Morgan fingerprint density at radius 3 is 2.62 bits per heavy atom. The Kier molecular flexibility index (Phi) is 5.33. The zero-order valence-corrected chi connectivity index (χ0v) is 17.1. The topological polar surface area (TPSA) is 88.9 Å². The van der Waals surface area contributed by atoms with Crippen LogP contribution >= 0.6 is 0 Å². The lowest BCUT2D eigenvalue weighted by atomic mass is 10.1. The van der Waals surface area contributed by atoms with Gasteiger partial charge in [-0.05, 0) is 36.4 Å². The molecule has 1 aromatic heterocycles. The number of ether oxygens (including phenoxy) is 4. The maximum absolute atomic E-state index is 12.3. The minimum absolute atomic E-state index is 0.263. The van der Waals surface area contributed by atoms with Crippen molar-refractivity contribution >= 4 is 18.0 Å². The van der Waals surface area contributed by atoms with Gasteiger partial charge in [0.1, 0.15) is 18.9 Å². The number of fused-ring (bicyclic) bond motifs is 1. The van der Waals surface area contributed by atoms with Gasteiger partial charge in [0.15, 0.2) is 11.5 Å². The molecule has 2 aliphatic heterocycles. The molecule has 0 radical (unpaired) electrons. The van der Waals surface area contributed by atoms with Crippen LogP contribution in [0.4, 0.5) is 0 Å². The van der Waals surface area contributed by atoms with Gasteiger partial charge in [-0.2, -0.15) is 5.10 Å². The second-order valence-electron chi connectivity index (χ2n) is 7.29. The molecule has 3 aromatic rings. The predicted octanol–water partition coefficient (Wildman–Crippen LogP) is 3.18. The van der Waals surface area contributed by atoms with Crippen LogP contribution in [0.5, 0.6) is 11.5 Å². The van der Waals surface area contributed by atoms with E-state index >= 15 is 0 Å². The van der Waals surface area contributed by atoms with Crippen LogP contribution in [0.3, 0.4) is 0 Å². The number of hydrogen-bond acceptors (Lipinski definition) is 7. The van der Waals surface area contributed by atoms with Gasteiger partial charge in [0.25, 0.3) is 0 Å². The predicted molar refractivity (Wildman–Crippen MR) is 114 cm³/mol. The summed E-state index contributed by atoms with van der Waals surface area (Å²) in [5.74, 6) is 0.207. The molecule has 2 aliphatic rings. The fraction of sp³-hybridized carbons (Fsp3) is 0.208. The monoisotopic (exact) mass is 432 g/mol. The van der Waals surface area contributed by atoms with Crippen LogP contribution in [0.1, 0.15) is 12.0 Å². The van der Waals surface area contributed by atoms with Gasteiger partial charge < -0.3 is 18.9 Å². The van der Waals surface area contributed by atoms with Crippen LogP contribution in [-0.4, -0.2) is 47.6 Å². The minimum atomic E-state index is -0.851. The molecule has 0 spiro atoms. The van der Waals surface area contributed by atoms with E-state index < -0.39 is 18.0 Å². The Morgan fingerprint density at radius 2 is 1.84 bits per heavy atom. The number of aromatic nitrogens is 2. The highest BCUT2D eigenvalue weighted by Crippen LogP contribution is 2.35. The van der Waals surface area contributed by atoms with Crippen LogP contribution in [0, 0.1) is 0 Å². The summed E-state index contributed by atoms with van der Waals surface area (Å²) in [4.78, 5) is 23.8. The first kappa shape index (κ1) is 19.9. The molecule has 162 valence electrons. The van der Waals surface area contributed by atoms with Crippen molar-refractivity contribution in [1.29, 1.82) is 0 Å². The molecule has 8 nitrogen and oxygen atoms in total. The molecule has 0 saturated carbocycles. The Hall–Kier alpha value is -4.07. The second kappa shape index (κ2) is 8.58. The molecule has 0 bridgehead atoms. The van der Waals surface area contributed by atoms with Gasteiger partial charge in [0.05, 0.1) is 12.3 Å². The van der Waals surface area contributed by atoms with E-state index in [2.05, 4.69) is 0 Å². The van der Waals surface area contributed by atoms with Crippen molar-refractivity contribution in [3.05, 3.63) is 66.4 Å². The fourth-order valence-corrected chi connectivity index (χ4v) is 3.56. The lowest BCUT2D eigenvalue weighted by Crippen LogP contribution is -2.21. The fourth-order valence-electron chi connectivity index (χ4n) is 3.56. The second-order valence-corrected chi connectivity index (χ2v) is 7.29. The molecule has 3 heterocycles. The van der Waals surface area contributed by atoms with Gasteiger partial charge >= 0.3 is 11.9 Å². The zero-order chi connectivity index (χ0) is 21.9. The van der Waals surface area contributed by atoms with Gasteiger partial charge in [-0.3, -0.25) is 0 Å². The number of benzene rings is 2. The Morgan fingerprint density at radius 1 is 1.03 bits per heavy atom. The first-order valence-corrected chi connectivity index (χ1v) is 10.3. The van der Waals surface area contributed by atoms with E-state index in [9.17, 15) is 9.59 Å². The molecule has 0 amide bonds. The van der Waals surface area contributed by atoms with Gasteiger partial charge in [0.2, 0.25) is 6.10 Å². The molecular formula is C24H20N2O6. The molecule has 32 heavy (non-hydrogen) atoms. The number of nitrogens with zero attached hydrogens (tertiary/aromatic N) is 2. The van der Waals surface area contributed by atoms with Crippen LogP contribution in [0.25, 0.3) is 23.0 Å². The van der Waals surface area contributed by atoms with Gasteiger partial charge in [-0.15, -0.1) is 0 Å². The lowest BCUT2D eigenvalue weighted by Gasteiger charge is -2.18. The third-order valence-electron chi connectivity index (χ3n) is 5.12. The van der Waals surface area contributed by atoms with Crippen molar-refractivity contribution in [3.8, 4) is 28.4 Å². The maximum Gasteiger partial charge on any atom is 0.347 e. The number of para-hydroxylation sites is 1. The molecule has 0 N–H and O–H groups in total. The Balaban J connectivity index is 1.47. The van der Waals surface area contributed by atoms with Crippen molar-refractivity contribution in [1.82, 2.24) is 9.78 Å². The smallest absolute Gasteiger partial charge is 0.347 e. The quantitative estimate of drug-likeness (QED) is 0.452. The molecule has 1 saturated heterocycles. The average molecular weight is 432 g/mol. The van der Waals surface area contributed by atoms with E-state index in [0.29, 0.717) is 42.4 Å². The maximum atomic E-state index is 12.3. The molecule has 2 aromatic carbocycles. The van der Waals surface area contributed by atoms with E-state index in [4.69, 9.17) is 24.0 Å². The summed E-state index contributed by atoms with van der Waals surface area (Å²) >= 11 is 0. The van der Waals surface area contributed by atoms with Gasteiger partial charge in [-0.25, -0.2) is 14.3 Å². The Bertz CT molecular complexity index is 1180. The first-order chi connectivity index (χ1) is 15.7. The highest BCUT2D eigenvalue weighted by atomic mass is 16.6. The highest BCUT2D eigenvalue weighted by Gasteiger charge is 2.29. The summed E-state index contributed by atoms with van der Waals surface area (Å²) in [5, 5.41) is 4.74. The molecule has 0 unspecified atom stereocenters. The number of rotatable bonds is 5. The molecular weight excluding hydrogens is 412 g/mol. The first-order valence-electron chi connectivity index (χ1n) is 10.3. The number of carbonyl (C=O) groups excluding carboxylic acids is 2. The van der Waals surface area contributed by atoms with Crippen LogP contribution in [-0.2, 0) is 19.1 Å². The lowest BCUT2D eigenvalue weighted by molar-refractivity contribution is -0.156. The Labute approximate surface area is 184 Å². The number of cyclic esters (lactones) is 1. The summed E-state index contributed by atoms with van der Waals surface area (Å²) in [6, 6.07) is 15.3. The summed E-state index contributed by atoms with van der Waals surface area (Å²) in [6.45, 7) is 1.26. The van der Waals surface area contributed by atoms with E-state index in [1.165, 1.54) is 6.08 Å². The third-order valence-corrected chi connectivity index (χ3v) is 5.12. The van der Waals surface area contributed by atoms with E-state index in [1.807, 2.05) is 54.7 Å². The molecule has 8 heteroatoms. The normalized spacial score (nSPS) is 17.4. The van der Waals surface area contributed by atoms with Crippen molar-refractivity contribution in [3.63, 3.8) is 0 Å². The van der Waals surface area contributed by atoms with Crippen molar-refractivity contribution in [2.75, 3.05) is 19.8 Å². The molecule has 0 aliphatic carbocycles. The number of hydrogen-bond donors (Lipinski definition) is 0. The van der Waals surface area contributed by atoms with Crippen molar-refractivity contribution in [2.45, 2.75) is 12.5 Å². The minimum Gasteiger partial charge on any atom is -0.486 e. The van der Waals surface area contributed by atoms with Crippen LogP contribution < -0.4 is 9.47 Å². The van der Waals surface area contributed by atoms with Crippen molar-refractivity contribution < 1.29 is 28.5 Å². The van der Waals surface area contributed by atoms with Gasteiger partial charge in [0, 0.05) is 29.8 Å². The molecule has 5 rings (SSSR count). The zero-order valence-electron chi connectivity index (χ0n) is 17.1. The standard InChI is InChI=1S/C24H20N2O6/c27-22(32-20-10-11-31-24(20)28)9-7-17-15-26(18-4-2-1-3-5-18)25-23(17)16-6-8-19-21(14-16)30-13-12-29-19/h1-9,14-15,20H,10-13H2/b9-7+/t20-/m0/s1. The molecule has 1 fully saturated rings. The summed E-state index contributed by atoms with van der Waals surface area (Å²) in [5.41, 5.74) is 3.06. The van der Waals surface area contributed by atoms with E-state index in [-0.39, 0.29) is 6.61 Å². The summed E-state index contributed by atoms with van der Waals surface area (Å²) < 4.78 is 23.1. The number of carbonyl (C=O) groups is 2. The largest absolute Gasteiger partial charge is 0.486 e. The summed E-state index contributed by atoms with van der Waals surface area (Å²) in [6.07, 6.45) is 4.26. The average Bonchev–Trinajstić information content (AvgIpc) is 3.44. The SMILES string of the molecule is O=C(/C=C/c1cn(-c2ccccc2)nc1-c1ccc2c(c1)OCCO2)O[C@H]1CCOC1=O. The van der Waals surface area contributed by atoms with E-state index in [0.717, 1.165) is 11.3 Å². The van der Waals surface area contributed by atoms with Crippen LogP contribution in [0.15, 0.2) is 60.8 Å². The third kappa shape index (κ3) is 4.07. The summed E-state index contributed by atoms with van der Waals surface area (Å²) in [7, 11) is 0. The number of esters is 2.